The third-order valence-electron chi connectivity index (χ3n) is 1.91. The summed E-state index contributed by atoms with van der Waals surface area (Å²) >= 11 is 6.68. The van der Waals surface area contributed by atoms with Crippen LogP contribution in [0, 0.1) is 0 Å². The van der Waals surface area contributed by atoms with Crippen LogP contribution < -0.4 is 5.32 Å². The zero-order valence-corrected chi connectivity index (χ0v) is 9.43. The van der Waals surface area contributed by atoms with Gasteiger partial charge in [0.15, 0.2) is 0 Å². The summed E-state index contributed by atoms with van der Waals surface area (Å²) in [6, 6.07) is 4.40. The minimum absolute atomic E-state index is 0.0479. The number of amides is 2. The number of nitrogens with one attached hydrogen (secondary N) is 1. The third kappa shape index (κ3) is 2.20. The molecule has 2 amide bonds. The number of aromatic hydroxyl groups is 1. The number of carbonyl (C=O) groups excluding carboxylic acids is 2. The summed E-state index contributed by atoms with van der Waals surface area (Å²) in [4.78, 5) is 22.5. The van der Waals surface area contributed by atoms with Gasteiger partial charge in [-0.3, -0.25) is 14.9 Å². The van der Waals surface area contributed by atoms with E-state index in [1.807, 2.05) is 0 Å². The fraction of sp³-hybridized carbons (Fsp3) is 0. The van der Waals surface area contributed by atoms with Gasteiger partial charge in [-0.15, -0.1) is 0 Å². The van der Waals surface area contributed by atoms with Crippen LogP contribution in [0.15, 0.2) is 23.1 Å². The van der Waals surface area contributed by atoms with Crippen LogP contribution in [0.3, 0.4) is 0 Å². The van der Waals surface area contributed by atoms with E-state index in [2.05, 4.69) is 5.32 Å². The number of hydrogen-bond donors (Lipinski definition) is 2. The molecule has 0 aromatic heterocycles. The van der Waals surface area contributed by atoms with E-state index in [4.69, 9.17) is 16.7 Å². The number of benzene rings is 1. The maximum absolute atomic E-state index is 11.3. The summed E-state index contributed by atoms with van der Waals surface area (Å²) in [6.45, 7) is 0. The van der Waals surface area contributed by atoms with Gasteiger partial charge in [0, 0.05) is 0 Å². The minimum Gasteiger partial charge on any atom is -0.508 e. The van der Waals surface area contributed by atoms with Gasteiger partial charge in [-0.25, -0.2) is 0 Å². The lowest BCUT2D eigenvalue weighted by molar-refractivity contribution is -0.115. The summed E-state index contributed by atoms with van der Waals surface area (Å²) in [5.74, 6) is -0.383. The Balaban J connectivity index is 2.36. The van der Waals surface area contributed by atoms with Crippen molar-refractivity contribution in [2.24, 2.45) is 0 Å². The first-order valence-corrected chi connectivity index (χ1v) is 5.49. The molecule has 1 aliphatic heterocycles. The van der Waals surface area contributed by atoms with Gasteiger partial charge in [0.25, 0.3) is 11.1 Å². The monoisotopic (exact) mass is 255 g/mol. The highest BCUT2D eigenvalue weighted by atomic mass is 35.5. The van der Waals surface area contributed by atoms with Crippen molar-refractivity contribution in [3.05, 3.63) is 33.7 Å². The molecule has 0 spiro atoms. The first-order valence-electron chi connectivity index (χ1n) is 4.29. The molecule has 6 heteroatoms. The molecule has 1 aromatic carbocycles. The Hall–Kier alpha value is -1.46. The number of phenols is 1. The van der Waals surface area contributed by atoms with Crippen molar-refractivity contribution in [1.82, 2.24) is 5.32 Å². The SMILES string of the molecule is O=C1NC(=O)/C(=C/c2ccc(O)cc2Cl)S1. The lowest BCUT2D eigenvalue weighted by atomic mass is 10.2. The molecule has 0 bridgehead atoms. The Bertz CT molecular complexity index is 513. The summed E-state index contributed by atoms with van der Waals surface area (Å²) in [5.41, 5.74) is 0.576. The lowest BCUT2D eigenvalue weighted by Gasteiger charge is -1.99. The van der Waals surface area contributed by atoms with Gasteiger partial charge in [0.2, 0.25) is 0 Å². The van der Waals surface area contributed by atoms with Crippen molar-refractivity contribution in [2.45, 2.75) is 0 Å². The largest absolute Gasteiger partial charge is 0.508 e. The topological polar surface area (TPSA) is 66.4 Å². The van der Waals surface area contributed by atoms with Crippen molar-refractivity contribution < 1.29 is 14.7 Å². The number of halogens is 1. The Morgan fingerprint density at radius 2 is 2.12 bits per heavy atom. The summed E-state index contributed by atoms with van der Waals surface area (Å²) in [7, 11) is 0. The molecular formula is C10H6ClNO3S. The number of imide groups is 1. The van der Waals surface area contributed by atoms with E-state index in [1.165, 1.54) is 18.2 Å². The molecule has 1 saturated heterocycles. The van der Waals surface area contributed by atoms with E-state index >= 15 is 0 Å². The van der Waals surface area contributed by atoms with E-state index in [9.17, 15) is 9.59 Å². The van der Waals surface area contributed by atoms with Crippen molar-refractivity contribution in [3.8, 4) is 5.75 Å². The molecular weight excluding hydrogens is 250 g/mol. The Morgan fingerprint density at radius 3 is 2.69 bits per heavy atom. The molecule has 82 valence electrons. The standard InChI is InChI=1S/C10H6ClNO3S/c11-7-4-6(13)2-1-5(7)3-8-9(14)12-10(15)16-8/h1-4,13H,(H,12,14,15)/b8-3-. The average Bonchev–Trinajstić information content (AvgIpc) is 2.50. The van der Waals surface area contributed by atoms with Gasteiger partial charge >= 0.3 is 0 Å². The first-order chi connectivity index (χ1) is 7.56. The number of thioether (sulfide) groups is 1. The van der Waals surface area contributed by atoms with E-state index in [1.54, 1.807) is 6.07 Å². The van der Waals surface area contributed by atoms with Crippen molar-refractivity contribution in [1.29, 1.82) is 0 Å². The van der Waals surface area contributed by atoms with Crippen molar-refractivity contribution >= 4 is 40.6 Å². The Labute approximate surface area is 100 Å². The Morgan fingerprint density at radius 1 is 1.38 bits per heavy atom. The van der Waals surface area contributed by atoms with Gasteiger partial charge in [-0.05, 0) is 41.6 Å². The van der Waals surface area contributed by atoms with Crippen LogP contribution in [0.4, 0.5) is 4.79 Å². The normalized spacial score (nSPS) is 17.9. The number of carbonyl (C=O) groups is 2. The summed E-state index contributed by atoms with van der Waals surface area (Å²) in [5, 5.41) is 11.2. The molecule has 4 nitrogen and oxygen atoms in total. The zero-order chi connectivity index (χ0) is 11.7. The van der Waals surface area contributed by atoms with Crippen LogP contribution in [-0.2, 0) is 4.79 Å². The molecule has 0 saturated carbocycles. The van der Waals surface area contributed by atoms with E-state index in [0.29, 0.717) is 10.6 Å². The quantitative estimate of drug-likeness (QED) is 0.756. The van der Waals surface area contributed by atoms with Crippen LogP contribution in [-0.4, -0.2) is 16.3 Å². The fourth-order valence-corrected chi connectivity index (χ4v) is 2.10. The van der Waals surface area contributed by atoms with Crippen LogP contribution in [0.25, 0.3) is 6.08 Å². The smallest absolute Gasteiger partial charge is 0.290 e. The van der Waals surface area contributed by atoms with E-state index in [0.717, 1.165) is 11.8 Å². The van der Waals surface area contributed by atoms with Gasteiger partial charge < -0.3 is 5.11 Å². The highest BCUT2D eigenvalue weighted by Crippen LogP contribution is 2.29. The molecule has 1 aromatic rings. The fourth-order valence-electron chi connectivity index (χ4n) is 1.20. The summed E-state index contributed by atoms with van der Waals surface area (Å²) in [6.07, 6.45) is 1.51. The third-order valence-corrected chi connectivity index (χ3v) is 3.05. The molecule has 0 unspecified atom stereocenters. The number of hydrogen-bond acceptors (Lipinski definition) is 4. The molecule has 1 aliphatic rings. The second kappa shape index (κ2) is 4.19. The van der Waals surface area contributed by atoms with Crippen molar-refractivity contribution in [3.63, 3.8) is 0 Å². The van der Waals surface area contributed by atoms with E-state index < -0.39 is 11.1 Å². The number of phenolic OH excluding ortho intramolecular Hbond substituents is 1. The first kappa shape index (κ1) is 11.0. The predicted octanol–water partition coefficient (Wildman–Crippen LogP) is 2.37. The minimum atomic E-state index is -0.431. The lowest BCUT2D eigenvalue weighted by Crippen LogP contribution is -2.17. The highest BCUT2D eigenvalue weighted by Gasteiger charge is 2.25. The van der Waals surface area contributed by atoms with Crippen LogP contribution in [0.5, 0.6) is 5.75 Å². The Kier molecular flexibility index (Phi) is 2.89. The molecule has 0 radical (unpaired) electrons. The van der Waals surface area contributed by atoms with Crippen LogP contribution in [0.1, 0.15) is 5.56 Å². The van der Waals surface area contributed by atoms with Gasteiger partial charge in [-0.1, -0.05) is 11.6 Å². The molecule has 0 aliphatic carbocycles. The zero-order valence-electron chi connectivity index (χ0n) is 7.86. The van der Waals surface area contributed by atoms with Gasteiger partial charge in [0.05, 0.1) is 9.93 Å². The molecule has 1 fully saturated rings. The number of rotatable bonds is 1. The predicted molar refractivity (Wildman–Crippen MR) is 62.2 cm³/mol. The van der Waals surface area contributed by atoms with Gasteiger partial charge in [0.1, 0.15) is 5.75 Å². The van der Waals surface area contributed by atoms with E-state index in [-0.39, 0.29) is 10.7 Å². The molecule has 16 heavy (non-hydrogen) atoms. The second-order valence-corrected chi connectivity index (χ2v) is 4.48. The molecule has 1 heterocycles. The second-order valence-electron chi connectivity index (χ2n) is 3.06. The molecule has 2 N–H and O–H groups in total. The molecule has 2 rings (SSSR count). The van der Waals surface area contributed by atoms with Crippen LogP contribution in [0.2, 0.25) is 5.02 Å². The molecule has 0 atom stereocenters. The van der Waals surface area contributed by atoms with Crippen LogP contribution >= 0.6 is 23.4 Å². The maximum Gasteiger partial charge on any atom is 0.290 e. The summed E-state index contributed by atoms with van der Waals surface area (Å²) < 4.78 is 0. The highest BCUT2D eigenvalue weighted by molar-refractivity contribution is 8.18. The average molecular weight is 256 g/mol. The van der Waals surface area contributed by atoms with Gasteiger partial charge in [-0.2, -0.15) is 0 Å². The van der Waals surface area contributed by atoms with Crippen molar-refractivity contribution in [2.75, 3.05) is 0 Å². The maximum atomic E-state index is 11.3.